The minimum atomic E-state index is -0.737. The molecule has 4 aromatic rings. The molecule has 0 aliphatic rings. The predicted molar refractivity (Wildman–Crippen MR) is 115 cm³/mol. The number of carbonyl (C=O) groups excluding carboxylic acids is 1. The number of carbonyl (C=O) groups is 1. The molecule has 0 aliphatic carbocycles. The van der Waals surface area contributed by atoms with Crippen molar-refractivity contribution in [3.8, 4) is 28.1 Å². The van der Waals surface area contributed by atoms with Crippen molar-refractivity contribution in [2.24, 2.45) is 0 Å². The number of hydrogen-bond acceptors (Lipinski definition) is 8. The number of thiazole rings is 1. The molecular weight excluding hydrogens is 402 g/mol. The number of anilines is 1. The summed E-state index contributed by atoms with van der Waals surface area (Å²) in [5.74, 6) is 0.843. The van der Waals surface area contributed by atoms with Crippen molar-refractivity contribution in [3.05, 3.63) is 48.7 Å². The fraction of sp³-hybridized carbons (Fsp3) is 0.190. The number of pyridine rings is 1. The van der Waals surface area contributed by atoms with Crippen molar-refractivity contribution >= 4 is 32.6 Å². The Balaban J connectivity index is 1.87. The minimum absolute atomic E-state index is 0.180. The first-order valence-corrected chi connectivity index (χ1v) is 9.99. The number of nitrogens with zero attached hydrogens (tertiary/aromatic N) is 4. The van der Waals surface area contributed by atoms with Crippen molar-refractivity contribution in [1.82, 2.24) is 19.9 Å². The van der Waals surface area contributed by atoms with E-state index in [4.69, 9.17) is 4.74 Å². The van der Waals surface area contributed by atoms with E-state index in [0.717, 1.165) is 32.6 Å². The molecule has 0 radical (unpaired) electrons. The van der Waals surface area contributed by atoms with Gasteiger partial charge in [-0.05, 0) is 36.8 Å². The van der Waals surface area contributed by atoms with Crippen LogP contribution in [0.15, 0.2) is 42.9 Å². The molecule has 4 rings (SSSR count). The molecule has 3 aromatic heterocycles. The first-order chi connectivity index (χ1) is 14.4. The Morgan fingerprint density at radius 1 is 1.13 bits per heavy atom. The van der Waals surface area contributed by atoms with Crippen LogP contribution in [0.2, 0.25) is 0 Å². The molecular formula is C21H19N5O3S. The van der Waals surface area contributed by atoms with Crippen LogP contribution in [-0.4, -0.2) is 38.1 Å². The molecule has 3 heterocycles. The predicted octanol–water partition coefficient (Wildman–Crippen LogP) is 3.84. The van der Waals surface area contributed by atoms with E-state index in [-0.39, 0.29) is 5.91 Å². The highest BCUT2D eigenvalue weighted by Gasteiger charge is 2.15. The van der Waals surface area contributed by atoms with Crippen LogP contribution >= 0.6 is 11.3 Å². The van der Waals surface area contributed by atoms with E-state index >= 15 is 0 Å². The van der Waals surface area contributed by atoms with Gasteiger partial charge in [-0.1, -0.05) is 11.3 Å². The number of nitrogens with one attached hydrogen (secondary N) is 1. The number of aromatic nitrogens is 4. The number of hydrogen-bond donors (Lipinski definition) is 2. The summed E-state index contributed by atoms with van der Waals surface area (Å²) in [5.41, 5.74) is 3.99. The Bertz CT molecular complexity index is 1200. The first-order valence-electron chi connectivity index (χ1n) is 9.17. The van der Waals surface area contributed by atoms with Gasteiger partial charge in [0.2, 0.25) is 5.91 Å². The molecule has 1 atom stereocenters. The second-order valence-electron chi connectivity index (χ2n) is 6.66. The smallest absolute Gasteiger partial charge is 0.223 e. The molecule has 1 amide bonds. The normalized spacial score (nSPS) is 12.0. The fourth-order valence-electron chi connectivity index (χ4n) is 2.96. The zero-order chi connectivity index (χ0) is 21.3. The van der Waals surface area contributed by atoms with E-state index in [0.29, 0.717) is 16.7 Å². The lowest BCUT2D eigenvalue weighted by atomic mass is 10.0. The number of rotatable bonds is 5. The van der Waals surface area contributed by atoms with Crippen molar-refractivity contribution in [2.75, 3.05) is 12.4 Å². The van der Waals surface area contributed by atoms with Gasteiger partial charge in [-0.3, -0.25) is 9.78 Å². The summed E-state index contributed by atoms with van der Waals surface area (Å²) < 4.78 is 6.11. The summed E-state index contributed by atoms with van der Waals surface area (Å²) in [6, 6.07) is 7.64. The van der Waals surface area contributed by atoms with Gasteiger partial charge < -0.3 is 15.2 Å². The quantitative estimate of drug-likeness (QED) is 0.504. The van der Waals surface area contributed by atoms with Crippen molar-refractivity contribution in [1.29, 1.82) is 0 Å². The second kappa shape index (κ2) is 8.13. The van der Waals surface area contributed by atoms with Gasteiger partial charge in [-0.2, -0.15) is 0 Å². The van der Waals surface area contributed by atoms with Crippen LogP contribution in [0, 0.1) is 0 Å². The topological polar surface area (TPSA) is 110 Å². The maximum Gasteiger partial charge on any atom is 0.223 e. The van der Waals surface area contributed by atoms with Gasteiger partial charge in [0, 0.05) is 30.4 Å². The van der Waals surface area contributed by atoms with E-state index in [1.165, 1.54) is 18.3 Å². The SMILES string of the molecule is COc1ccc(-c2cc(-c3cnc(C(C)O)nc3)cc3nc(NC(C)=O)sc23)nc1. The van der Waals surface area contributed by atoms with Crippen LogP contribution in [-0.2, 0) is 4.79 Å². The summed E-state index contributed by atoms with van der Waals surface area (Å²) >= 11 is 1.39. The summed E-state index contributed by atoms with van der Waals surface area (Å²) in [6.07, 6.45) is 4.26. The van der Waals surface area contributed by atoms with Crippen LogP contribution < -0.4 is 10.1 Å². The Morgan fingerprint density at radius 2 is 1.90 bits per heavy atom. The van der Waals surface area contributed by atoms with Gasteiger partial charge in [0.05, 0.1) is 29.2 Å². The molecule has 152 valence electrons. The van der Waals surface area contributed by atoms with E-state index in [1.807, 2.05) is 24.3 Å². The maximum atomic E-state index is 11.5. The number of aliphatic hydroxyl groups is 1. The molecule has 0 saturated heterocycles. The molecule has 1 aromatic carbocycles. The van der Waals surface area contributed by atoms with Gasteiger partial charge in [-0.15, -0.1) is 0 Å². The Morgan fingerprint density at radius 3 is 2.50 bits per heavy atom. The van der Waals surface area contributed by atoms with Gasteiger partial charge in [-0.25, -0.2) is 15.0 Å². The van der Waals surface area contributed by atoms with E-state index in [2.05, 4.69) is 25.3 Å². The third-order valence-corrected chi connectivity index (χ3v) is 5.42. The lowest BCUT2D eigenvalue weighted by Gasteiger charge is -2.08. The summed E-state index contributed by atoms with van der Waals surface area (Å²) in [7, 11) is 1.59. The molecule has 1 unspecified atom stereocenters. The highest BCUT2D eigenvalue weighted by molar-refractivity contribution is 7.22. The van der Waals surface area contributed by atoms with Gasteiger partial charge in [0.1, 0.15) is 11.9 Å². The molecule has 30 heavy (non-hydrogen) atoms. The average molecular weight is 421 g/mol. The van der Waals surface area contributed by atoms with Crippen LogP contribution in [0.5, 0.6) is 5.75 Å². The summed E-state index contributed by atoms with van der Waals surface area (Å²) in [4.78, 5) is 29.0. The zero-order valence-corrected chi connectivity index (χ0v) is 17.4. The number of amides is 1. The second-order valence-corrected chi connectivity index (χ2v) is 7.66. The van der Waals surface area contributed by atoms with Crippen molar-refractivity contribution in [2.45, 2.75) is 20.0 Å². The standard InChI is InChI=1S/C21H19N5O3S/c1-11(27)20-23-8-14(9-24-20)13-6-16(17-5-4-15(29-3)10-22-17)19-18(7-13)26-21(30-19)25-12(2)28/h4-11,27H,1-3H3,(H,25,26,28). The van der Waals surface area contributed by atoms with Crippen LogP contribution in [0.4, 0.5) is 5.13 Å². The van der Waals surface area contributed by atoms with Crippen molar-refractivity contribution in [3.63, 3.8) is 0 Å². The largest absolute Gasteiger partial charge is 0.495 e. The molecule has 0 aliphatic heterocycles. The Labute approximate surface area is 176 Å². The molecule has 0 saturated carbocycles. The number of methoxy groups -OCH3 is 1. The van der Waals surface area contributed by atoms with E-state index in [1.54, 1.807) is 32.6 Å². The van der Waals surface area contributed by atoms with Crippen LogP contribution in [0.25, 0.3) is 32.6 Å². The van der Waals surface area contributed by atoms with Gasteiger partial charge in [0.15, 0.2) is 11.0 Å². The monoisotopic (exact) mass is 421 g/mol. The highest BCUT2D eigenvalue weighted by Crippen LogP contribution is 2.38. The molecule has 2 N–H and O–H groups in total. The molecule has 0 spiro atoms. The van der Waals surface area contributed by atoms with E-state index in [9.17, 15) is 9.90 Å². The molecule has 0 bridgehead atoms. The summed E-state index contributed by atoms with van der Waals surface area (Å²) in [5, 5.41) is 12.9. The maximum absolute atomic E-state index is 11.5. The molecule has 0 fully saturated rings. The van der Waals surface area contributed by atoms with Crippen LogP contribution in [0.1, 0.15) is 25.8 Å². The number of fused-ring (bicyclic) bond motifs is 1. The lowest BCUT2D eigenvalue weighted by Crippen LogP contribution is -2.04. The third kappa shape index (κ3) is 3.98. The number of aliphatic hydroxyl groups excluding tert-OH is 1. The molecule has 8 nitrogen and oxygen atoms in total. The third-order valence-electron chi connectivity index (χ3n) is 4.40. The van der Waals surface area contributed by atoms with Gasteiger partial charge >= 0.3 is 0 Å². The fourth-order valence-corrected chi connectivity index (χ4v) is 3.97. The lowest BCUT2D eigenvalue weighted by molar-refractivity contribution is -0.114. The number of ether oxygens (including phenoxy) is 1. The number of benzene rings is 1. The van der Waals surface area contributed by atoms with E-state index < -0.39 is 6.10 Å². The van der Waals surface area contributed by atoms with Crippen LogP contribution in [0.3, 0.4) is 0 Å². The highest BCUT2D eigenvalue weighted by atomic mass is 32.1. The average Bonchev–Trinajstić information content (AvgIpc) is 3.14. The van der Waals surface area contributed by atoms with Crippen molar-refractivity contribution < 1.29 is 14.6 Å². The first kappa shape index (κ1) is 19.9. The zero-order valence-electron chi connectivity index (χ0n) is 16.6. The molecule has 9 heteroatoms. The minimum Gasteiger partial charge on any atom is -0.495 e. The van der Waals surface area contributed by atoms with Gasteiger partial charge in [0.25, 0.3) is 0 Å². The summed E-state index contributed by atoms with van der Waals surface area (Å²) in [6.45, 7) is 3.07. The Hall–Kier alpha value is -3.43. The Kier molecular flexibility index (Phi) is 5.39.